The van der Waals surface area contributed by atoms with Crippen molar-refractivity contribution in [2.24, 2.45) is 0 Å². The first-order valence-corrected chi connectivity index (χ1v) is 8.94. The lowest BCUT2D eigenvalue weighted by Gasteiger charge is -2.11. The van der Waals surface area contributed by atoms with Gasteiger partial charge in [-0.05, 0) is 30.3 Å². The van der Waals surface area contributed by atoms with E-state index in [0.29, 0.717) is 26.3 Å². The maximum absolute atomic E-state index is 11.0. The Hall–Kier alpha value is -2.40. The largest absolute Gasteiger partial charge is 0.502 e. The first kappa shape index (κ1) is 18.4. The van der Waals surface area contributed by atoms with Gasteiger partial charge in [0.2, 0.25) is 5.76 Å². The molecule has 130 valence electrons. The van der Waals surface area contributed by atoms with E-state index in [1.807, 2.05) is 48.5 Å². The molecular weight excluding hydrogens is 387 g/mol. The lowest BCUT2D eigenvalue weighted by molar-refractivity contribution is -0.575. The van der Waals surface area contributed by atoms with Gasteiger partial charge in [-0.15, -0.1) is 0 Å². The summed E-state index contributed by atoms with van der Waals surface area (Å²) >= 11 is 17.8. The number of aromatic nitrogens is 1. The average molecular weight is 402 g/mol. The summed E-state index contributed by atoms with van der Waals surface area (Å²) in [5.74, 6) is -0.0451. The number of para-hydroxylation sites is 1. The number of nitrogens with one attached hydrogen (secondary N) is 1. The highest BCUT2D eigenvalue weighted by Crippen LogP contribution is 2.28. The van der Waals surface area contributed by atoms with Crippen molar-refractivity contribution in [3.05, 3.63) is 94.7 Å². The average Bonchev–Trinajstić information content (AvgIpc) is 2.63. The molecule has 0 bridgehead atoms. The molecule has 0 unspecified atom stereocenters. The van der Waals surface area contributed by atoms with Crippen molar-refractivity contribution in [1.29, 1.82) is 0 Å². The monoisotopic (exact) mass is 401 g/mol. The Balaban J connectivity index is 2.10. The Bertz CT molecular complexity index is 960. The molecule has 0 aliphatic heterocycles. The normalized spacial score (nSPS) is 11.6. The molecule has 0 spiro atoms. The fourth-order valence-electron chi connectivity index (χ4n) is 2.42. The first-order valence-electron chi connectivity index (χ1n) is 7.78. The van der Waals surface area contributed by atoms with Gasteiger partial charge in [0.05, 0.1) is 5.02 Å². The number of pyridine rings is 1. The zero-order chi connectivity index (χ0) is 18.5. The molecule has 3 nitrogen and oxygen atoms in total. The van der Waals surface area contributed by atoms with Gasteiger partial charge in [-0.1, -0.05) is 59.7 Å². The number of halogens is 2. The van der Waals surface area contributed by atoms with Crippen LogP contribution in [0.4, 0.5) is 5.69 Å². The summed E-state index contributed by atoms with van der Waals surface area (Å²) in [5.41, 5.74) is 1.68. The Morgan fingerprint density at radius 3 is 2.23 bits per heavy atom. The van der Waals surface area contributed by atoms with Crippen molar-refractivity contribution < 1.29 is 9.67 Å². The van der Waals surface area contributed by atoms with Crippen LogP contribution in [-0.2, 0) is 0 Å². The van der Waals surface area contributed by atoms with Crippen molar-refractivity contribution >= 4 is 57.6 Å². The van der Waals surface area contributed by atoms with Crippen LogP contribution in [0.15, 0.2) is 79.1 Å². The standard InChI is InChI=1S/C20H14Cl2N2OS/c21-14-9-10-16(17(22)13-14)19(25)18(24-11-5-2-6-12-24)20(26)23-15-7-3-1-4-8-15/h1-13H,(H-,23,25,26)/p+1. The lowest BCUT2D eigenvalue weighted by Crippen LogP contribution is -2.38. The first-order chi connectivity index (χ1) is 12.6. The third-order valence-corrected chi connectivity index (χ3v) is 4.47. The second-order valence-corrected chi connectivity index (χ2v) is 6.68. The number of rotatable bonds is 4. The Morgan fingerprint density at radius 1 is 0.923 bits per heavy atom. The van der Waals surface area contributed by atoms with E-state index in [1.165, 1.54) is 0 Å². The zero-order valence-electron chi connectivity index (χ0n) is 13.6. The van der Waals surface area contributed by atoms with Gasteiger partial charge in [0.25, 0.3) is 5.70 Å². The lowest BCUT2D eigenvalue weighted by atomic mass is 10.1. The number of thiocarbonyl (C=S) groups is 1. The second kappa shape index (κ2) is 8.32. The fraction of sp³-hybridized carbons (Fsp3) is 0. The third kappa shape index (κ3) is 4.22. The van der Waals surface area contributed by atoms with Crippen LogP contribution in [0.5, 0.6) is 0 Å². The molecule has 0 radical (unpaired) electrons. The molecule has 26 heavy (non-hydrogen) atoms. The molecule has 1 aromatic heterocycles. The molecule has 6 heteroatoms. The predicted octanol–water partition coefficient (Wildman–Crippen LogP) is 5.60. The molecular formula is C20H15Cl2N2OS+. The Labute approximate surface area is 167 Å². The van der Waals surface area contributed by atoms with Crippen LogP contribution in [0.2, 0.25) is 10.0 Å². The summed E-state index contributed by atoms with van der Waals surface area (Å²) in [6, 6.07) is 20.0. The molecule has 0 amide bonds. The minimum absolute atomic E-state index is 0.0451. The number of benzene rings is 2. The summed E-state index contributed by atoms with van der Waals surface area (Å²) in [6.45, 7) is 0. The van der Waals surface area contributed by atoms with Crippen molar-refractivity contribution in [2.75, 3.05) is 5.32 Å². The van der Waals surface area contributed by atoms with E-state index in [0.717, 1.165) is 5.69 Å². The third-order valence-electron chi connectivity index (χ3n) is 3.63. The van der Waals surface area contributed by atoms with E-state index in [4.69, 9.17) is 35.4 Å². The van der Waals surface area contributed by atoms with Crippen LogP contribution in [0.25, 0.3) is 11.5 Å². The maximum Gasteiger partial charge on any atom is 0.288 e. The number of aliphatic hydroxyl groups excluding tert-OH is 1. The van der Waals surface area contributed by atoms with Gasteiger partial charge in [0, 0.05) is 28.4 Å². The molecule has 2 N–H and O–H groups in total. The van der Waals surface area contributed by atoms with E-state index in [2.05, 4.69) is 5.32 Å². The number of hydrogen-bond acceptors (Lipinski definition) is 2. The highest BCUT2D eigenvalue weighted by atomic mass is 35.5. The van der Waals surface area contributed by atoms with E-state index in [-0.39, 0.29) is 5.76 Å². The van der Waals surface area contributed by atoms with Crippen LogP contribution in [0.3, 0.4) is 0 Å². The minimum Gasteiger partial charge on any atom is -0.502 e. The summed E-state index contributed by atoms with van der Waals surface area (Å²) in [5, 5.41) is 14.9. The second-order valence-electron chi connectivity index (χ2n) is 5.42. The van der Waals surface area contributed by atoms with Crippen molar-refractivity contribution in [3.8, 4) is 0 Å². The smallest absolute Gasteiger partial charge is 0.288 e. The topological polar surface area (TPSA) is 36.1 Å². The molecule has 3 aromatic rings. The molecule has 0 aliphatic rings. The molecule has 3 rings (SSSR count). The molecule has 1 heterocycles. The maximum atomic E-state index is 11.0. The van der Waals surface area contributed by atoms with Crippen LogP contribution in [0, 0.1) is 0 Å². The van der Waals surface area contributed by atoms with Gasteiger partial charge in [0.15, 0.2) is 17.4 Å². The van der Waals surface area contributed by atoms with E-state index < -0.39 is 0 Å². The summed E-state index contributed by atoms with van der Waals surface area (Å²) in [4.78, 5) is 0.357. The van der Waals surface area contributed by atoms with Gasteiger partial charge in [-0.3, -0.25) is 0 Å². The highest BCUT2D eigenvalue weighted by molar-refractivity contribution is 7.81. The van der Waals surface area contributed by atoms with Crippen molar-refractivity contribution in [1.82, 2.24) is 0 Å². The number of anilines is 1. The number of nitrogens with zero attached hydrogens (tertiary/aromatic N) is 1. The SMILES string of the molecule is O/C(=C(/C(=S)Nc1ccccc1)[n+]1ccccc1)c1ccc(Cl)cc1Cl. The summed E-state index contributed by atoms with van der Waals surface area (Å²) in [6.07, 6.45) is 3.60. The van der Waals surface area contributed by atoms with Crippen molar-refractivity contribution in [3.63, 3.8) is 0 Å². The zero-order valence-corrected chi connectivity index (χ0v) is 15.9. The van der Waals surface area contributed by atoms with Gasteiger partial charge >= 0.3 is 0 Å². The van der Waals surface area contributed by atoms with Gasteiger partial charge < -0.3 is 10.4 Å². The summed E-state index contributed by atoms with van der Waals surface area (Å²) in [7, 11) is 0. The summed E-state index contributed by atoms with van der Waals surface area (Å²) < 4.78 is 1.73. The van der Waals surface area contributed by atoms with Gasteiger partial charge in [-0.2, -0.15) is 4.57 Å². The molecule has 2 aromatic carbocycles. The molecule has 0 saturated carbocycles. The van der Waals surface area contributed by atoms with E-state index in [1.54, 1.807) is 35.2 Å². The van der Waals surface area contributed by atoms with E-state index >= 15 is 0 Å². The van der Waals surface area contributed by atoms with Gasteiger partial charge in [0.1, 0.15) is 0 Å². The molecule has 0 atom stereocenters. The van der Waals surface area contributed by atoms with Crippen LogP contribution >= 0.6 is 35.4 Å². The predicted molar refractivity (Wildman–Crippen MR) is 112 cm³/mol. The van der Waals surface area contributed by atoms with Crippen LogP contribution < -0.4 is 9.88 Å². The van der Waals surface area contributed by atoms with Crippen LogP contribution in [-0.4, -0.2) is 10.1 Å². The highest BCUT2D eigenvalue weighted by Gasteiger charge is 2.24. The van der Waals surface area contributed by atoms with Crippen molar-refractivity contribution in [2.45, 2.75) is 0 Å². The number of hydrogen-bond donors (Lipinski definition) is 2. The quantitative estimate of drug-likeness (QED) is 0.258. The Morgan fingerprint density at radius 2 is 1.58 bits per heavy atom. The van der Waals surface area contributed by atoms with Crippen LogP contribution in [0.1, 0.15) is 5.56 Å². The number of aliphatic hydroxyl groups is 1. The fourth-order valence-corrected chi connectivity index (χ4v) is 3.23. The van der Waals surface area contributed by atoms with E-state index in [9.17, 15) is 5.11 Å². The molecule has 0 saturated heterocycles. The van der Waals surface area contributed by atoms with Gasteiger partial charge in [-0.25, -0.2) is 0 Å². The molecule has 0 fully saturated rings. The Kier molecular flexibility index (Phi) is 5.89. The molecule has 0 aliphatic carbocycles. The minimum atomic E-state index is -0.0451.